The average molecular weight is 282 g/mol. The molecule has 2 nitrogen and oxygen atoms in total. The van der Waals surface area contributed by atoms with Crippen LogP contribution in [0.4, 0.5) is 13.9 Å². The Balaban J connectivity index is 2.38. The van der Waals surface area contributed by atoms with Crippen molar-refractivity contribution in [2.75, 3.05) is 5.73 Å². The zero-order valence-corrected chi connectivity index (χ0v) is 11.9. The summed E-state index contributed by atoms with van der Waals surface area (Å²) in [7, 11) is 0. The van der Waals surface area contributed by atoms with Crippen LogP contribution in [0.25, 0.3) is 0 Å². The van der Waals surface area contributed by atoms with Crippen LogP contribution < -0.4 is 5.73 Å². The highest BCUT2D eigenvalue weighted by atomic mass is 32.1. The topological polar surface area (TPSA) is 38.9 Å². The fourth-order valence-corrected chi connectivity index (χ4v) is 2.98. The van der Waals surface area contributed by atoms with Gasteiger partial charge in [0, 0.05) is 22.8 Å². The van der Waals surface area contributed by atoms with Crippen LogP contribution in [0, 0.1) is 11.6 Å². The number of halogens is 2. The van der Waals surface area contributed by atoms with Gasteiger partial charge in [-0.15, -0.1) is 11.3 Å². The highest BCUT2D eigenvalue weighted by Gasteiger charge is 2.23. The third-order valence-corrected chi connectivity index (χ3v) is 3.67. The molecule has 2 rings (SSSR count). The first-order valence-electron chi connectivity index (χ1n) is 5.97. The van der Waals surface area contributed by atoms with Crippen molar-refractivity contribution in [3.8, 4) is 0 Å². The number of aromatic nitrogens is 1. The summed E-state index contributed by atoms with van der Waals surface area (Å²) in [6.45, 7) is 6.10. The maximum atomic E-state index is 13.7. The number of nitrogen functional groups attached to an aromatic ring is 1. The number of nitrogens with zero attached hydrogens (tertiary/aromatic N) is 1. The highest BCUT2D eigenvalue weighted by molar-refractivity contribution is 7.15. The minimum absolute atomic E-state index is 0.153. The molecule has 1 heterocycles. The van der Waals surface area contributed by atoms with E-state index in [0.717, 1.165) is 16.6 Å². The number of hydrogen-bond donors (Lipinski definition) is 1. The molecule has 0 bridgehead atoms. The first kappa shape index (κ1) is 13.9. The monoisotopic (exact) mass is 282 g/mol. The number of thiazole rings is 1. The molecule has 19 heavy (non-hydrogen) atoms. The predicted molar refractivity (Wildman–Crippen MR) is 74.4 cm³/mol. The van der Waals surface area contributed by atoms with Gasteiger partial charge < -0.3 is 5.73 Å². The molecule has 0 aliphatic heterocycles. The van der Waals surface area contributed by atoms with Gasteiger partial charge in [-0.2, -0.15) is 0 Å². The summed E-state index contributed by atoms with van der Waals surface area (Å²) in [5, 5.41) is 0.474. The number of benzene rings is 1. The quantitative estimate of drug-likeness (QED) is 0.907. The van der Waals surface area contributed by atoms with Gasteiger partial charge in [-0.05, 0) is 11.6 Å². The number of anilines is 1. The fraction of sp³-hybridized carbons (Fsp3) is 0.357. The predicted octanol–water partition coefficient (Wildman–Crippen LogP) is 3.89. The summed E-state index contributed by atoms with van der Waals surface area (Å²) >= 11 is 1.36. The van der Waals surface area contributed by atoms with Crippen molar-refractivity contribution >= 4 is 16.5 Å². The molecule has 0 aliphatic rings. The van der Waals surface area contributed by atoms with Gasteiger partial charge in [0.25, 0.3) is 0 Å². The highest BCUT2D eigenvalue weighted by Crippen LogP contribution is 2.32. The minimum atomic E-state index is -0.568. The lowest BCUT2D eigenvalue weighted by Crippen LogP contribution is -2.14. The van der Waals surface area contributed by atoms with Crippen LogP contribution in [0.5, 0.6) is 0 Å². The Kier molecular flexibility index (Phi) is 3.58. The van der Waals surface area contributed by atoms with E-state index in [1.54, 1.807) is 0 Å². The Bertz CT molecular complexity index is 600. The molecule has 1 aromatic heterocycles. The molecule has 0 unspecified atom stereocenters. The summed E-state index contributed by atoms with van der Waals surface area (Å²) in [6.07, 6.45) is 0.383. The molecule has 0 radical (unpaired) electrons. The fourth-order valence-electron chi connectivity index (χ4n) is 1.91. The Hall–Kier alpha value is -1.49. The second kappa shape index (κ2) is 4.89. The Labute approximate surface area is 115 Å². The van der Waals surface area contributed by atoms with E-state index in [9.17, 15) is 8.78 Å². The summed E-state index contributed by atoms with van der Waals surface area (Å²) in [4.78, 5) is 5.25. The van der Waals surface area contributed by atoms with Crippen molar-refractivity contribution in [1.82, 2.24) is 4.98 Å². The van der Waals surface area contributed by atoms with Gasteiger partial charge >= 0.3 is 0 Å². The molecule has 0 aliphatic carbocycles. The summed E-state index contributed by atoms with van der Waals surface area (Å²) < 4.78 is 26.6. The van der Waals surface area contributed by atoms with Crippen LogP contribution in [0.1, 0.15) is 36.9 Å². The van der Waals surface area contributed by atoms with Gasteiger partial charge in [-0.25, -0.2) is 13.8 Å². The van der Waals surface area contributed by atoms with Gasteiger partial charge in [-0.1, -0.05) is 26.8 Å². The first-order valence-corrected chi connectivity index (χ1v) is 6.78. The van der Waals surface area contributed by atoms with Crippen LogP contribution >= 0.6 is 11.3 Å². The van der Waals surface area contributed by atoms with E-state index in [1.807, 2.05) is 20.8 Å². The zero-order chi connectivity index (χ0) is 14.2. The smallest absolute Gasteiger partial charge is 0.180 e. The molecular formula is C14H16F2N2S. The lowest BCUT2D eigenvalue weighted by Gasteiger charge is -2.17. The molecule has 0 amide bonds. The van der Waals surface area contributed by atoms with Crippen molar-refractivity contribution < 1.29 is 8.78 Å². The minimum Gasteiger partial charge on any atom is -0.375 e. The van der Waals surface area contributed by atoms with Crippen LogP contribution in [0.2, 0.25) is 0 Å². The number of rotatable bonds is 2. The maximum absolute atomic E-state index is 13.7. The van der Waals surface area contributed by atoms with Crippen molar-refractivity contribution in [3.05, 3.63) is 46.0 Å². The van der Waals surface area contributed by atoms with E-state index in [1.165, 1.54) is 23.5 Å². The molecular weight excluding hydrogens is 266 g/mol. The number of nitrogens with two attached hydrogens (primary N) is 1. The second-order valence-corrected chi connectivity index (χ2v) is 6.60. The molecule has 0 spiro atoms. The van der Waals surface area contributed by atoms with Crippen LogP contribution in [0.15, 0.2) is 18.2 Å². The van der Waals surface area contributed by atoms with E-state index in [-0.39, 0.29) is 5.41 Å². The summed E-state index contributed by atoms with van der Waals surface area (Å²) in [6, 6.07) is 3.63. The molecule has 0 fully saturated rings. The number of hydrogen-bond acceptors (Lipinski definition) is 3. The second-order valence-electron chi connectivity index (χ2n) is 5.49. The molecule has 2 aromatic rings. The summed E-state index contributed by atoms with van der Waals surface area (Å²) in [5.74, 6) is -1.10. The van der Waals surface area contributed by atoms with Gasteiger partial charge in [0.05, 0.1) is 5.69 Å². The maximum Gasteiger partial charge on any atom is 0.180 e. The average Bonchev–Trinajstić information content (AvgIpc) is 2.63. The molecule has 5 heteroatoms. The lowest BCUT2D eigenvalue weighted by atomic mass is 9.90. The van der Waals surface area contributed by atoms with E-state index in [2.05, 4.69) is 4.98 Å². The first-order chi connectivity index (χ1) is 8.77. The Morgan fingerprint density at radius 2 is 1.95 bits per heavy atom. The SMILES string of the molecule is CC(C)(C)c1nc(N)sc1Cc1ccc(F)cc1F. The third kappa shape index (κ3) is 3.10. The van der Waals surface area contributed by atoms with Crippen molar-refractivity contribution in [1.29, 1.82) is 0 Å². The molecule has 2 N–H and O–H groups in total. The largest absolute Gasteiger partial charge is 0.375 e. The van der Waals surface area contributed by atoms with Crippen molar-refractivity contribution in [2.45, 2.75) is 32.6 Å². The normalized spacial score (nSPS) is 11.8. The van der Waals surface area contributed by atoms with Gasteiger partial charge in [0.15, 0.2) is 5.13 Å². The Morgan fingerprint density at radius 3 is 2.53 bits per heavy atom. The van der Waals surface area contributed by atoms with Crippen molar-refractivity contribution in [3.63, 3.8) is 0 Å². The van der Waals surface area contributed by atoms with E-state index in [0.29, 0.717) is 17.1 Å². The molecule has 0 saturated carbocycles. The molecule has 1 aromatic carbocycles. The van der Waals surface area contributed by atoms with E-state index in [4.69, 9.17) is 5.73 Å². The van der Waals surface area contributed by atoms with E-state index < -0.39 is 11.6 Å². The Morgan fingerprint density at radius 1 is 1.26 bits per heavy atom. The lowest BCUT2D eigenvalue weighted by molar-refractivity contribution is 0.562. The zero-order valence-electron chi connectivity index (χ0n) is 11.1. The third-order valence-electron chi connectivity index (χ3n) is 2.79. The molecule has 0 saturated heterocycles. The van der Waals surface area contributed by atoms with E-state index >= 15 is 0 Å². The van der Waals surface area contributed by atoms with Gasteiger partial charge in [0.1, 0.15) is 11.6 Å². The van der Waals surface area contributed by atoms with Crippen molar-refractivity contribution in [2.24, 2.45) is 0 Å². The standard InChI is InChI=1S/C14H16F2N2S/c1-14(2,3)12-11(19-13(17)18-12)6-8-4-5-9(15)7-10(8)16/h4-5,7H,6H2,1-3H3,(H2,17,18). The van der Waals surface area contributed by atoms with Crippen LogP contribution in [-0.4, -0.2) is 4.98 Å². The van der Waals surface area contributed by atoms with Gasteiger partial charge in [0.2, 0.25) is 0 Å². The van der Waals surface area contributed by atoms with Crippen LogP contribution in [0.3, 0.4) is 0 Å². The van der Waals surface area contributed by atoms with Crippen LogP contribution in [-0.2, 0) is 11.8 Å². The molecule has 0 atom stereocenters. The summed E-state index contributed by atoms with van der Waals surface area (Å²) in [5.41, 5.74) is 6.92. The molecule has 102 valence electrons. The van der Waals surface area contributed by atoms with Gasteiger partial charge in [-0.3, -0.25) is 0 Å².